The van der Waals surface area contributed by atoms with Crippen LogP contribution in [0, 0.1) is 0 Å². The van der Waals surface area contributed by atoms with Crippen molar-refractivity contribution in [3.63, 3.8) is 0 Å². The summed E-state index contributed by atoms with van der Waals surface area (Å²) >= 11 is 1.64. The maximum Gasteiger partial charge on any atom is 0.314 e. The molecular formula is C20H21NO3S. The molecule has 0 bridgehead atoms. The first-order valence-corrected chi connectivity index (χ1v) is 9.51. The minimum absolute atomic E-state index is 0.0281. The van der Waals surface area contributed by atoms with Gasteiger partial charge in [-0.15, -0.1) is 11.8 Å². The number of aliphatic carboxylic acids is 1. The summed E-state index contributed by atoms with van der Waals surface area (Å²) in [6.45, 7) is 0.897. The second-order valence-corrected chi connectivity index (χ2v) is 7.15. The fourth-order valence-electron chi connectivity index (χ4n) is 3.39. The molecule has 0 atom stereocenters. The highest BCUT2D eigenvalue weighted by Crippen LogP contribution is 2.36. The fraction of sp³-hybridized carbons (Fsp3) is 0.300. The van der Waals surface area contributed by atoms with Gasteiger partial charge in [0.1, 0.15) is 0 Å². The molecule has 3 rings (SSSR count). The third-order valence-corrected chi connectivity index (χ3v) is 5.72. The predicted octanol–water partition coefficient (Wildman–Crippen LogP) is 3.67. The van der Waals surface area contributed by atoms with Crippen molar-refractivity contribution in [3.8, 4) is 0 Å². The van der Waals surface area contributed by atoms with Crippen LogP contribution < -0.4 is 0 Å². The molecule has 2 aromatic rings. The van der Waals surface area contributed by atoms with Crippen molar-refractivity contribution in [1.82, 2.24) is 4.90 Å². The van der Waals surface area contributed by atoms with Crippen LogP contribution in [0.25, 0.3) is 0 Å². The molecule has 4 nitrogen and oxygen atoms in total. The zero-order chi connectivity index (χ0) is 17.9. The average Bonchev–Trinajstić information content (AvgIpc) is 2.68. The molecule has 5 heteroatoms. The molecule has 2 aromatic carbocycles. The van der Waals surface area contributed by atoms with Gasteiger partial charge in [-0.1, -0.05) is 30.3 Å². The quantitative estimate of drug-likeness (QED) is 0.850. The highest BCUT2D eigenvalue weighted by Gasteiger charge is 2.43. The topological polar surface area (TPSA) is 57.6 Å². The highest BCUT2D eigenvalue weighted by atomic mass is 32.2. The first kappa shape index (κ1) is 17.5. The summed E-state index contributed by atoms with van der Waals surface area (Å²) in [5.74, 6) is -0.838. The lowest BCUT2D eigenvalue weighted by atomic mass is 9.73. The lowest BCUT2D eigenvalue weighted by molar-refractivity contribution is -0.145. The van der Waals surface area contributed by atoms with Crippen molar-refractivity contribution in [2.24, 2.45) is 0 Å². The monoisotopic (exact) mass is 355 g/mol. The smallest absolute Gasteiger partial charge is 0.314 e. The summed E-state index contributed by atoms with van der Waals surface area (Å²) in [6.07, 6.45) is 2.86. The SMILES string of the molecule is CSc1ccc(C(=O)N2CCC(C(=O)O)(c3ccccc3)CC2)cc1. The number of hydrogen-bond donors (Lipinski definition) is 1. The molecule has 1 fully saturated rings. The molecule has 1 saturated heterocycles. The van der Waals surface area contributed by atoms with Crippen molar-refractivity contribution in [1.29, 1.82) is 0 Å². The molecule has 130 valence electrons. The van der Waals surface area contributed by atoms with Crippen LogP contribution in [0.3, 0.4) is 0 Å². The molecule has 1 N–H and O–H groups in total. The van der Waals surface area contributed by atoms with Crippen molar-refractivity contribution in [2.75, 3.05) is 19.3 Å². The first-order chi connectivity index (χ1) is 12.1. The second kappa shape index (κ2) is 7.31. The maximum absolute atomic E-state index is 12.7. The van der Waals surface area contributed by atoms with Gasteiger partial charge in [0, 0.05) is 23.5 Å². The Balaban J connectivity index is 1.75. The van der Waals surface area contributed by atoms with Gasteiger partial charge < -0.3 is 10.0 Å². The number of benzene rings is 2. The molecule has 1 amide bonds. The van der Waals surface area contributed by atoms with E-state index in [9.17, 15) is 14.7 Å². The molecule has 25 heavy (non-hydrogen) atoms. The van der Waals surface area contributed by atoms with Gasteiger partial charge in [0.2, 0.25) is 0 Å². The number of nitrogens with zero attached hydrogens (tertiary/aromatic N) is 1. The lowest BCUT2D eigenvalue weighted by Crippen LogP contribution is -2.49. The summed E-state index contributed by atoms with van der Waals surface area (Å²) in [5, 5.41) is 9.84. The van der Waals surface area contributed by atoms with E-state index in [1.54, 1.807) is 16.7 Å². The average molecular weight is 355 g/mol. The van der Waals surface area contributed by atoms with Crippen LogP contribution in [0.5, 0.6) is 0 Å². The van der Waals surface area contributed by atoms with Gasteiger partial charge in [0.05, 0.1) is 5.41 Å². The molecule has 0 radical (unpaired) electrons. The van der Waals surface area contributed by atoms with Gasteiger partial charge in [0.25, 0.3) is 5.91 Å². The Labute approximate surface area is 151 Å². The van der Waals surface area contributed by atoms with E-state index in [0.29, 0.717) is 31.5 Å². The van der Waals surface area contributed by atoms with Crippen LogP contribution >= 0.6 is 11.8 Å². The summed E-state index contributed by atoms with van der Waals surface area (Å²) in [6, 6.07) is 16.9. The summed E-state index contributed by atoms with van der Waals surface area (Å²) in [5.41, 5.74) is 0.570. The first-order valence-electron chi connectivity index (χ1n) is 8.29. The van der Waals surface area contributed by atoms with Crippen LogP contribution in [0.2, 0.25) is 0 Å². The van der Waals surface area contributed by atoms with Gasteiger partial charge in [-0.2, -0.15) is 0 Å². The molecule has 0 aromatic heterocycles. The van der Waals surface area contributed by atoms with Crippen molar-refractivity contribution >= 4 is 23.6 Å². The van der Waals surface area contributed by atoms with Gasteiger partial charge in [-0.05, 0) is 48.9 Å². The minimum Gasteiger partial charge on any atom is -0.481 e. The van der Waals surface area contributed by atoms with Gasteiger partial charge in [-0.25, -0.2) is 0 Å². The van der Waals surface area contributed by atoms with E-state index < -0.39 is 11.4 Å². The number of thioether (sulfide) groups is 1. The largest absolute Gasteiger partial charge is 0.481 e. The highest BCUT2D eigenvalue weighted by molar-refractivity contribution is 7.98. The number of piperidine rings is 1. The number of carboxylic acid groups (broad SMARTS) is 1. The van der Waals surface area contributed by atoms with E-state index in [1.165, 1.54) is 0 Å². The molecule has 0 unspecified atom stereocenters. The Hall–Kier alpha value is -2.27. The van der Waals surface area contributed by atoms with E-state index in [0.717, 1.165) is 10.5 Å². The molecular weight excluding hydrogens is 334 g/mol. The fourth-order valence-corrected chi connectivity index (χ4v) is 3.80. The van der Waals surface area contributed by atoms with E-state index >= 15 is 0 Å². The second-order valence-electron chi connectivity index (χ2n) is 6.27. The Bertz CT molecular complexity index is 750. The van der Waals surface area contributed by atoms with Crippen LogP contribution in [0.1, 0.15) is 28.8 Å². The number of carbonyl (C=O) groups excluding carboxylic acids is 1. The Morgan fingerprint density at radius 2 is 1.60 bits per heavy atom. The van der Waals surface area contributed by atoms with Crippen molar-refractivity contribution < 1.29 is 14.7 Å². The third-order valence-electron chi connectivity index (χ3n) is 4.98. The van der Waals surface area contributed by atoms with Crippen LogP contribution in [0.4, 0.5) is 0 Å². The number of amides is 1. The Morgan fingerprint density at radius 1 is 1.00 bits per heavy atom. The summed E-state index contributed by atoms with van der Waals surface area (Å²) in [7, 11) is 0. The zero-order valence-electron chi connectivity index (χ0n) is 14.1. The normalized spacial score (nSPS) is 16.4. The third kappa shape index (κ3) is 3.42. The van der Waals surface area contributed by atoms with Crippen LogP contribution in [-0.4, -0.2) is 41.2 Å². The predicted molar refractivity (Wildman–Crippen MR) is 99.1 cm³/mol. The van der Waals surface area contributed by atoms with E-state index in [4.69, 9.17) is 0 Å². The summed E-state index contributed by atoms with van der Waals surface area (Å²) < 4.78 is 0. The van der Waals surface area contributed by atoms with Gasteiger partial charge in [-0.3, -0.25) is 9.59 Å². The van der Waals surface area contributed by atoms with Crippen LogP contribution in [0.15, 0.2) is 59.5 Å². The van der Waals surface area contributed by atoms with E-state index in [-0.39, 0.29) is 5.91 Å². The van der Waals surface area contributed by atoms with Gasteiger partial charge in [0.15, 0.2) is 0 Å². The van der Waals surface area contributed by atoms with Crippen molar-refractivity contribution in [3.05, 3.63) is 65.7 Å². The molecule has 0 aliphatic carbocycles. The van der Waals surface area contributed by atoms with E-state index in [2.05, 4.69) is 0 Å². The summed E-state index contributed by atoms with van der Waals surface area (Å²) in [4.78, 5) is 27.6. The molecule has 1 aliphatic heterocycles. The maximum atomic E-state index is 12.7. The number of hydrogen-bond acceptors (Lipinski definition) is 3. The molecule has 0 spiro atoms. The van der Waals surface area contributed by atoms with E-state index in [1.807, 2.05) is 60.9 Å². The number of carboxylic acids is 1. The Kier molecular flexibility index (Phi) is 5.13. The zero-order valence-corrected chi connectivity index (χ0v) is 15.0. The lowest BCUT2D eigenvalue weighted by Gasteiger charge is -2.39. The number of carbonyl (C=O) groups is 2. The standard InChI is InChI=1S/C20H21NO3S/c1-25-17-9-7-15(8-10-17)18(22)21-13-11-20(12-14-21,19(23)24)16-5-3-2-4-6-16/h2-10H,11-14H2,1H3,(H,23,24). The molecule has 1 aliphatic rings. The van der Waals surface area contributed by atoms with Crippen LogP contribution in [-0.2, 0) is 10.2 Å². The minimum atomic E-state index is -0.902. The number of rotatable bonds is 4. The van der Waals surface area contributed by atoms with Gasteiger partial charge >= 0.3 is 5.97 Å². The van der Waals surface area contributed by atoms with Crippen molar-refractivity contribution in [2.45, 2.75) is 23.2 Å². The number of likely N-dealkylation sites (tertiary alicyclic amines) is 1. The molecule has 1 heterocycles. The Morgan fingerprint density at radius 3 is 2.12 bits per heavy atom. The molecule has 0 saturated carbocycles.